The third kappa shape index (κ3) is 6.28. The smallest absolute Gasteiger partial charge is 0.347 e. The van der Waals surface area contributed by atoms with Gasteiger partial charge in [-0.1, -0.05) is 18.0 Å². The Hall–Kier alpha value is -2.57. The summed E-state index contributed by atoms with van der Waals surface area (Å²) in [4.78, 5) is 27.9. The largest absolute Gasteiger partial charge is 0.497 e. The second kappa shape index (κ2) is 9.54. The van der Waals surface area contributed by atoms with Crippen molar-refractivity contribution >= 4 is 18.1 Å². The number of rotatable bonds is 8. The highest BCUT2D eigenvalue weighted by atomic mass is 16.7. The monoisotopic (exact) mass is 334 g/mol. The normalized spacial score (nSPS) is 14.5. The number of hydrogen-bond acceptors (Lipinski definition) is 6. The molecule has 7 heteroatoms. The number of carbonyl (C=O) groups is 2. The third-order valence-corrected chi connectivity index (χ3v) is 3.66. The van der Waals surface area contributed by atoms with Crippen molar-refractivity contribution in [2.75, 3.05) is 20.3 Å². The molecule has 0 unspecified atom stereocenters. The number of carbonyl (C=O) groups excluding carboxylic acids is 2. The predicted molar refractivity (Wildman–Crippen MR) is 87.9 cm³/mol. The molecular weight excluding hydrogens is 312 g/mol. The number of nitrogens with zero attached hydrogens (tertiary/aromatic N) is 1. The topological polar surface area (TPSA) is 86.2 Å². The molecule has 1 fully saturated rings. The van der Waals surface area contributed by atoms with Gasteiger partial charge >= 0.3 is 5.97 Å². The van der Waals surface area contributed by atoms with Crippen LogP contribution in [-0.4, -0.2) is 44.5 Å². The third-order valence-electron chi connectivity index (χ3n) is 3.66. The molecule has 1 saturated carbocycles. The molecule has 1 amide bonds. The van der Waals surface area contributed by atoms with Crippen LogP contribution in [0.15, 0.2) is 29.4 Å². The van der Waals surface area contributed by atoms with Gasteiger partial charge < -0.3 is 19.6 Å². The first-order valence-electron chi connectivity index (χ1n) is 7.92. The van der Waals surface area contributed by atoms with E-state index in [0.717, 1.165) is 37.0 Å². The van der Waals surface area contributed by atoms with E-state index in [1.54, 1.807) is 31.4 Å². The molecular formula is C17H22N2O5. The number of esters is 1. The number of hydrogen-bond donors (Lipinski definition) is 1. The van der Waals surface area contributed by atoms with Crippen LogP contribution in [0.5, 0.6) is 5.75 Å². The molecule has 0 atom stereocenters. The van der Waals surface area contributed by atoms with Gasteiger partial charge in [-0.3, -0.25) is 4.79 Å². The minimum absolute atomic E-state index is 0.210. The summed E-state index contributed by atoms with van der Waals surface area (Å²) in [5, 5.41) is 6.52. The van der Waals surface area contributed by atoms with E-state index in [-0.39, 0.29) is 25.2 Å². The van der Waals surface area contributed by atoms with Crippen molar-refractivity contribution in [3.05, 3.63) is 29.8 Å². The molecule has 2 rings (SSSR count). The lowest BCUT2D eigenvalue weighted by Gasteiger charge is -2.11. The van der Waals surface area contributed by atoms with E-state index in [0.29, 0.717) is 0 Å². The second-order valence-electron chi connectivity index (χ2n) is 5.49. The Morgan fingerprint density at radius 2 is 1.92 bits per heavy atom. The summed E-state index contributed by atoms with van der Waals surface area (Å²) in [5.74, 6) is -0.173. The van der Waals surface area contributed by atoms with E-state index in [1.165, 1.54) is 6.21 Å². The van der Waals surface area contributed by atoms with Crippen LogP contribution >= 0.6 is 0 Å². The maximum absolute atomic E-state index is 11.6. The van der Waals surface area contributed by atoms with Crippen molar-refractivity contribution in [1.82, 2.24) is 5.32 Å². The molecule has 0 aromatic heterocycles. The first-order chi connectivity index (χ1) is 11.7. The Morgan fingerprint density at radius 3 is 2.58 bits per heavy atom. The minimum atomic E-state index is -0.636. The first kappa shape index (κ1) is 17.8. The van der Waals surface area contributed by atoms with Gasteiger partial charge in [0.1, 0.15) is 5.75 Å². The van der Waals surface area contributed by atoms with E-state index in [2.05, 4.69) is 10.5 Å². The molecule has 1 aliphatic carbocycles. The van der Waals surface area contributed by atoms with Gasteiger partial charge in [-0.05, 0) is 42.7 Å². The molecule has 0 bridgehead atoms. The SMILES string of the molecule is COc1ccc(/C=N/OCC(=O)OCC(=O)NC2CCCC2)cc1. The van der Waals surface area contributed by atoms with Crippen molar-refractivity contribution in [3.8, 4) is 5.75 Å². The molecule has 1 aromatic carbocycles. The van der Waals surface area contributed by atoms with Crippen molar-refractivity contribution in [3.63, 3.8) is 0 Å². The molecule has 1 N–H and O–H groups in total. The average molecular weight is 334 g/mol. The maximum atomic E-state index is 11.6. The van der Waals surface area contributed by atoms with Gasteiger partial charge in [0.2, 0.25) is 6.61 Å². The van der Waals surface area contributed by atoms with E-state index in [9.17, 15) is 9.59 Å². The van der Waals surface area contributed by atoms with Crippen molar-refractivity contribution in [2.45, 2.75) is 31.7 Å². The summed E-state index contributed by atoms with van der Waals surface area (Å²) in [7, 11) is 1.59. The second-order valence-corrected chi connectivity index (χ2v) is 5.49. The van der Waals surface area contributed by atoms with Gasteiger partial charge in [0, 0.05) is 6.04 Å². The number of nitrogens with one attached hydrogen (secondary N) is 1. The fourth-order valence-corrected chi connectivity index (χ4v) is 2.41. The van der Waals surface area contributed by atoms with Crippen LogP contribution in [0, 0.1) is 0 Å². The zero-order valence-electron chi connectivity index (χ0n) is 13.7. The molecule has 0 radical (unpaired) electrons. The Kier molecular flexibility index (Phi) is 7.07. The van der Waals surface area contributed by atoms with Gasteiger partial charge in [-0.2, -0.15) is 0 Å². The van der Waals surface area contributed by atoms with E-state index in [1.807, 2.05) is 0 Å². The van der Waals surface area contributed by atoms with Crippen LogP contribution in [0.2, 0.25) is 0 Å². The standard InChI is InChI=1S/C17H22N2O5/c1-22-15-8-6-13(7-9-15)10-18-24-12-17(21)23-11-16(20)19-14-4-2-3-5-14/h6-10,14H,2-5,11-12H2,1H3,(H,19,20)/b18-10+. The van der Waals surface area contributed by atoms with Gasteiger partial charge in [0.25, 0.3) is 5.91 Å². The predicted octanol–water partition coefficient (Wildman–Crippen LogP) is 1.65. The molecule has 0 spiro atoms. The number of benzene rings is 1. The van der Waals surface area contributed by atoms with Crippen LogP contribution in [-0.2, 0) is 19.2 Å². The molecule has 1 aromatic rings. The Morgan fingerprint density at radius 1 is 1.21 bits per heavy atom. The highest BCUT2D eigenvalue weighted by molar-refractivity contribution is 5.81. The zero-order valence-corrected chi connectivity index (χ0v) is 13.7. The van der Waals surface area contributed by atoms with Crippen LogP contribution in [0.1, 0.15) is 31.2 Å². The molecule has 130 valence electrons. The number of ether oxygens (including phenoxy) is 2. The molecule has 24 heavy (non-hydrogen) atoms. The zero-order chi connectivity index (χ0) is 17.2. The fourth-order valence-electron chi connectivity index (χ4n) is 2.41. The van der Waals surface area contributed by atoms with E-state index in [4.69, 9.17) is 14.3 Å². The summed E-state index contributed by atoms with van der Waals surface area (Å²) in [6, 6.07) is 7.40. The molecule has 0 saturated heterocycles. The Bertz CT molecular complexity index is 565. The van der Waals surface area contributed by atoms with Crippen LogP contribution in [0.4, 0.5) is 0 Å². The molecule has 1 aliphatic rings. The first-order valence-corrected chi connectivity index (χ1v) is 7.92. The lowest BCUT2D eigenvalue weighted by Crippen LogP contribution is -2.36. The number of methoxy groups -OCH3 is 1. The Labute approximate surface area is 141 Å². The van der Waals surface area contributed by atoms with Gasteiger partial charge in [0.15, 0.2) is 6.61 Å². The van der Waals surface area contributed by atoms with Crippen molar-refractivity contribution in [2.24, 2.45) is 5.16 Å². The van der Waals surface area contributed by atoms with Gasteiger partial charge in [0.05, 0.1) is 13.3 Å². The van der Waals surface area contributed by atoms with Crippen molar-refractivity contribution < 1.29 is 23.9 Å². The van der Waals surface area contributed by atoms with Crippen LogP contribution in [0.3, 0.4) is 0 Å². The number of oxime groups is 1. The molecule has 7 nitrogen and oxygen atoms in total. The summed E-state index contributed by atoms with van der Waals surface area (Å²) in [5.41, 5.74) is 0.806. The maximum Gasteiger partial charge on any atom is 0.347 e. The summed E-state index contributed by atoms with van der Waals surface area (Å²) in [6.07, 6.45) is 5.71. The average Bonchev–Trinajstić information content (AvgIpc) is 3.10. The van der Waals surface area contributed by atoms with E-state index >= 15 is 0 Å². The summed E-state index contributed by atoms with van der Waals surface area (Å²) in [6.45, 7) is -0.635. The summed E-state index contributed by atoms with van der Waals surface area (Å²) >= 11 is 0. The van der Waals surface area contributed by atoms with Gasteiger partial charge in [-0.25, -0.2) is 4.79 Å². The van der Waals surface area contributed by atoms with E-state index < -0.39 is 5.97 Å². The number of amides is 1. The minimum Gasteiger partial charge on any atom is -0.497 e. The van der Waals surface area contributed by atoms with Crippen LogP contribution in [0.25, 0.3) is 0 Å². The molecule has 0 heterocycles. The summed E-state index contributed by atoms with van der Waals surface area (Å²) < 4.78 is 9.87. The van der Waals surface area contributed by atoms with Crippen molar-refractivity contribution in [1.29, 1.82) is 0 Å². The highest BCUT2D eigenvalue weighted by Gasteiger charge is 2.17. The van der Waals surface area contributed by atoms with Crippen LogP contribution < -0.4 is 10.1 Å². The molecule has 0 aliphatic heterocycles. The quantitative estimate of drug-likeness (QED) is 0.444. The fraction of sp³-hybridized carbons (Fsp3) is 0.471. The lowest BCUT2D eigenvalue weighted by molar-refractivity contribution is -0.153. The lowest BCUT2D eigenvalue weighted by atomic mass is 10.2. The Balaban J connectivity index is 1.60. The highest BCUT2D eigenvalue weighted by Crippen LogP contribution is 2.17. The van der Waals surface area contributed by atoms with Gasteiger partial charge in [-0.15, -0.1) is 0 Å².